The van der Waals surface area contributed by atoms with Gasteiger partial charge >= 0.3 is 0 Å². The number of aliphatic imine (C=N–C) groups is 1. The fourth-order valence-corrected chi connectivity index (χ4v) is 2.36. The molecule has 1 aliphatic rings. The Balaban J connectivity index is 2.16. The van der Waals surface area contributed by atoms with E-state index in [2.05, 4.69) is 27.2 Å². The molecule has 0 saturated heterocycles. The van der Waals surface area contributed by atoms with Gasteiger partial charge in [0.25, 0.3) is 11.8 Å². The van der Waals surface area contributed by atoms with E-state index in [1.807, 2.05) is 13.8 Å². The number of nitrogens with zero attached hydrogens (tertiary/aromatic N) is 2. The fourth-order valence-electron chi connectivity index (χ4n) is 2.36. The Morgan fingerprint density at radius 2 is 2.24 bits per heavy atom. The number of aromatic nitrogens is 1. The lowest BCUT2D eigenvalue weighted by Crippen LogP contribution is -2.41. The molecule has 1 aromatic heterocycles. The predicted molar refractivity (Wildman–Crippen MR) is 95.6 cm³/mol. The highest BCUT2D eigenvalue weighted by molar-refractivity contribution is 6.15. The van der Waals surface area contributed by atoms with Crippen LogP contribution in [0, 0.1) is 5.92 Å². The average molecular weight is 344 g/mol. The maximum atomic E-state index is 12.2. The van der Waals surface area contributed by atoms with E-state index in [0.29, 0.717) is 6.54 Å². The van der Waals surface area contributed by atoms with Crippen molar-refractivity contribution in [2.45, 2.75) is 39.2 Å². The summed E-state index contributed by atoms with van der Waals surface area (Å²) in [6, 6.07) is 1.32. The van der Waals surface area contributed by atoms with Gasteiger partial charge in [-0.1, -0.05) is 19.9 Å². The first-order valence-electron chi connectivity index (χ1n) is 8.29. The molecule has 1 atom stereocenters. The number of carbonyl (C=O) groups is 2. The maximum Gasteiger partial charge on any atom is 0.253 e. The zero-order valence-corrected chi connectivity index (χ0v) is 14.8. The van der Waals surface area contributed by atoms with Gasteiger partial charge in [-0.15, -0.1) is 6.58 Å². The Morgan fingerprint density at radius 1 is 1.52 bits per heavy atom. The molecule has 7 heteroatoms. The lowest BCUT2D eigenvalue weighted by atomic mass is 9.89. The molecular weight excluding hydrogens is 320 g/mol. The van der Waals surface area contributed by atoms with Gasteiger partial charge in [0, 0.05) is 12.7 Å². The Morgan fingerprint density at radius 3 is 2.80 bits per heavy atom. The van der Waals surface area contributed by atoms with Gasteiger partial charge < -0.3 is 15.7 Å². The van der Waals surface area contributed by atoms with Crippen LogP contribution in [0.4, 0.5) is 0 Å². The molecule has 134 valence electrons. The quantitative estimate of drug-likeness (QED) is 0.518. The Labute approximate surface area is 147 Å². The van der Waals surface area contributed by atoms with Crippen LogP contribution in [0.1, 0.15) is 49.7 Å². The van der Waals surface area contributed by atoms with E-state index in [4.69, 9.17) is 0 Å². The van der Waals surface area contributed by atoms with Gasteiger partial charge in [0.05, 0.1) is 5.56 Å². The molecule has 1 unspecified atom stereocenters. The van der Waals surface area contributed by atoms with E-state index in [1.165, 1.54) is 12.3 Å². The maximum absolute atomic E-state index is 12.2. The Kier molecular flexibility index (Phi) is 5.56. The molecule has 0 saturated carbocycles. The summed E-state index contributed by atoms with van der Waals surface area (Å²) in [6.07, 6.45) is 4.76. The Bertz CT molecular complexity index is 727. The van der Waals surface area contributed by atoms with Crippen molar-refractivity contribution in [1.82, 2.24) is 15.6 Å². The third kappa shape index (κ3) is 3.87. The second kappa shape index (κ2) is 7.46. The fraction of sp³-hybridized carbons (Fsp3) is 0.444. The van der Waals surface area contributed by atoms with Gasteiger partial charge in [0.1, 0.15) is 17.0 Å². The molecule has 7 nitrogen and oxygen atoms in total. The topological polar surface area (TPSA) is 104 Å². The first kappa shape index (κ1) is 18.6. The summed E-state index contributed by atoms with van der Waals surface area (Å²) >= 11 is 0. The molecule has 0 spiro atoms. The Hall–Kier alpha value is -2.70. The monoisotopic (exact) mass is 344 g/mol. The number of unbranched alkanes of at least 4 members (excludes halogenated alkanes) is 1. The number of carbonyl (C=O) groups excluding carboxylic acids is 2. The molecule has 0 radical (unpaired) electrons. The van der Waals surface area contributed by atoms with Crippen molar-refractivity contribution in [2.24, 2.45) is 10.9 Å². The lowest BCUT2D eigenvalue weighted by Gasteiger charge is -2.21. The average Bonchev–Trinajstić information content (AvgIpc) is 2.87. The van der Waals surface area contributed by atoms with Gasteiger partial charge in [0.15, 0.2) is 5.84 Å². The molecule has 25 heavy (non-hydrogen) atoms. The number of aromatic hydroxyl groups is 1. The second-order valence-electron chi connectivity index (χ2n) is 6.50. The molecule has 0 aromatic carbocycles. The summed E-state index contributed by atoms with van der Waals surface area (Å²) < 4.78 is 0. The number of rotatable bonds is 7. The van der Waals surface area contributed by atoms with E-state index in [-0.39, 0.29) is 40.6 Å². The molecule has 0 bridgehead atoms. The summed E-state index contributed by atoms with van der Waals surface area (Å²) in [5.41, 5.74) is -0.498. The highest BCUT2D eigenvalue weighted by Gasteiger charge is 2.42. The zero-order chi connectivity index (χ0) is 18.6. The van der Waals surface area contributed by atoms with Gasteiger partial charge in [-0.2, -0.15) is 0 Å². The minimum atomic E-state index is -0.898. The van der Waals surface area contributed by atoms with Crippen molar-refractivity contribution in [3.05, 3.63) is 36.2 Å². The highest BCUT2D eigenvalue weighted by atomic mass is 16.3. The van der Waals surface area contributed by atoms with Crippen molar-refractivity contribution in [3.63, 3.8) is 0 Å². The van der Waals surface area contributed by atoms with Gasteiger partial charge in [0.2, 0.25) is 0 Å². The van der Waals surface area contributed by atoms with E-state index >= 15 is 0 Å². The molecule has 2 heterocycles. The number of nitrogens with one attached hydrogen (secondary N) is 2. The third-order valence-electron chi connectivity index (χ3n) is 4.38. The summed E-state index contributed by atoms with van der Waals surface area (Å²) in [5, 5.41) is 15.6. The molecule has 0 aliphatic carbocycles. The minimum absolute atomic E-state index is 0.00670. The van der Waals surface area contributed by atoms with Gasteiger partial charge in [-0.25, -0.2) is 9.98 Å². The number of pyridine rings is 1. The molecule has 1 aromatic rings. The summed E-state index contributed by atoms with van der Waals surface area (Å²) in [5.74, 6) is -0.541. The highest BCUT2D eigenvalue weighted by Crippen LogP contribution is 2.28. The van der Waals surface area contributed by atoms with Crippen LogP contribution in [0.25, 0.3) is 0 Å². The van der Waals surface area contributed by atoms with Gasteiger partial charge in [-0.05, 0) is 31.7 Å². The number of hydrogen-bond acceptors (Lipinski definition) is 5. The summed E-state index contributed by atoms with van der Waals surface area (Å²) in [4.78, 5) is 32.7. The SMILES string of the molecule is C=CCCCNC(=O)c1cnc(C2=NC(C)(C(C)C)C(=O)N2)c(O)c1. The number of amides is 2. The number of hydrogen-bond donors (Lipinski definition) is 3. The third-order valence-corrected chi connectivity index (χ3v) is 4.38. The van der Waals surface area contributed by atoms with Crippen LogP contribution in [-0.2, 0) is 4.79 Å². The van der Waals surface area contributed by atoms with E-state index in [9.17, 15) is 14.7 Å². The first-order chi connectivity index (χ1) is 11.8. The smallest absolute Gasteiger partial charge is 0.253 e. The van der Waals surface area contributed by atoms with Crippen LogP contribution in [0.5, 0.6) is 5.75 Å². The van der Waals surface area contributed by atoms with Crippen molar-refractivity contribution in [3.8, 4) is 5.75 Å². The van der Waals surface area contributed by atoms with Crippen LogP contribution in [0.15, 0.2) is 29.9 Å². The normalized spacial score (nSPS) is 19.5. The number of amidine groups is 1. The van der Waals surface area contributed by atoms with E-state index in [0.717, 1.165) is 12.8 Å². The standard InChI is InChI=1S/C18H24N4O3/c1-5-6-7-8-19-16(24)12-9-13(23)14(20-10-12)15-21-17(25)18(4,22-15)11(2)3/h5,9-11,23H,1,6-8H2,2-4H3,(H,19,24)(H,21,22,25). The molecule has 1 aliphatic heterocycles. The molecule has 0 fully saturated rings. The summed E-state index contributed by atoms with van der Waals surface area (Å²) in [7, 11) is 0. The van der Waals surface area contributed by atoms with Crippen LogP contribution >= 0.6 is 0 Å². The number of allylic oxidation sites excluding steroid dienone is 1. The van der Waals surface area contributed by atoms with Crippen molar-refractivity contribution < 1.29 is 14.7 Å². The molecular formula is C18H24N4O3. The van der Waals surface area contributed by atoms with Crippen molar-refractivity contribution >= 4 is 17.6 Å². The van der Waals surface area contributed by atoms with Crippen LogP contribution in [-0.4, -0.2) is 39.8 Å². The van der Waals surface area contributed by atoms with Crippen molar-refractivity contribution in [1.29, 1.82) is 0 Å². The zero-order valence-electron chi connectivity index (χ0n) is 14.8. The van der Waals surface area contributed by atoms with Crippen LogP contribution in [0.2, 0.25) is 0 Å². The van der Waals surface area contributed by atoms with Crippen molar-refractivity contribution in [2.75, 3.05) is 6.54 Å². The minimum Gasteiger partial charge on any atom is -0.506 e. The van der Waals surface area contributed by atoms with E-state index < -0.39 is 5.54 Å². The van der Waals surface area contributed by atoms with Gasteiger partial charge in [-0.3, -0.25) is 9.59 Å². The van der Waals surface area contributed by atoms with Crippen LogP contribution in [0.3, 0.4) is 0 Å². The largest absolute Gasteiger partial charge is 0.506 e. The first-order valence-corrected chi connectivity index (χ1v) is 8.29. The molecule has 2 amide bonds. The van der Waals surface area contributed by atoms with E-state index in [1.54, 1.807) is 13.0 Å². The second-order valence-corrected chi connectivity index (χ2v) is 6.50. The van der Waals surface area contributed by atoms with Crippen LogP contribution < -0.4 is 10.6 Å². The molecule has 2 rings (SSSR count). The predicted octanol–water partition coefficient (Wildman–Crippen LogP) is 1.77. The summed E-state index contributed by atoms with van der Waals surface area (Å²) in [6.45, 7) is 9.68. The lowest BCUT2D eigenvalue weighted by molar-refractivity contribution is -0.124. The molecule has 3 N–H and O–H groups in total.